The summed E-state index contributed by atoms with van der Waals surface area (Å²) in [7, 11) is 2.96. The van der Waals surface area contributed by atoms with Gasteiger partial charge in [-0.15, -0.1) is 0 Å². The van der Waals surface area contributed by atoms with Crippen LogP contribution in [0.1, 0.15) is 153 Å². The standard InChI is InChI=1S/C29H40F2N2O6.C25H39F2NO4.C5H3ClO2/c1-16(33(15-25(30)31)26(36)24-6-5-11-39-24)17-8-10-29(37)19-12-21(32-38-4)20-13-22(34)23(35)14-27(20,2)18(19)7-9-28(17,29)3;1-14(5-6-22(26)27)15-8-10-25(31)17-11-19(28-32-4)18-12-20(29)21(30)13-23(18,2)16(17)7-9-24(15,25)3;6-5(7)4-2-1-3-8-4/h5-6,11-12,16-18,20,22-23,25,34-35,37H,7-10,13-15H2,1-4H3;11,14-16,18,20-22,29-31H,5-10,12-13H2,1-4H3;1-3H/b32-21+;28-19+;/t16?,17-,18?,20+,22-,23+,27-,28-,29-;14?,15-,16?,18+,20-,21+,23-,24-,25-;/m11./s1. The van der Waals surface area contributed by atoms with Crippen molar-refractivity contribution < 1.29 is 76.3 Å². The summed E-state index contributed by atoms with van der Waals surface area (Å²) in [5, 5.41) is 74.8. The molecular formula is C59H82ClF4N3O12. The Bertz CT molecular complexity index is 2600. The number of carbonyl (C=O) groups is 2. The number of nitrogens with zero attached hydrogens (tertiary/aromatic N) is 3. The molecule has 0 saturated heterocycles. The number of oxime groups is 2. The third-order valence-corrected chi connectivity index (χ3v) is 21.6. The van der Waals surface area contributed by atoms with Crippen LogP contribution in [0.3, 0.4) is 0 Å². The molecule has 18 atom stereocenters. The Balaban J connectivity index is 0.000000185. The maximum atomic E-state index is 13.7. The number of hydrogen-bond donors (Lipinski definition) is 6. The van der Waals surface area contributed by atoms with Crippen molar-refractivity contribution in [3.63, 3.8) is 0 Å². The fraction of sp³-hybridized carbons (Fsp3) is 0.729. The second kappa shape index (κ2) is 23.3. The quantitative estimate of drug-likeness (QED) is 0.0663. The highest BCUT2D eigenvalue weighted by molar-refractivity contribution is 6.67. The topological polar surface area (TPSA) is 228 Å². The first-order valence-electron chi connectivity index (χ1n) is 28.1. The number of carbonyl (C=O) groups excluding carboxylic acids is 2. The highest BCUT2D eigenvalue weighted by Crippen LogP contribution is 2.70. The Hall–Kier alpha value is -4.11. The Labute approximate surface area is 465 Å². The molecule has 2 aromatic rings. The van der Waals surface area contributed by atoms with Crippen molar-refractivity contribution in [2.24, 2.45) is 73.4 Å². The number of aliphatic hydroxyl groups is 6. The summed E-state index contributed by atoms with van der Waals surface area (Å²) in [5.41, 5.74) is -0.967. The lowest BCUT2D eigenvalue weighted by molar-refractivity contribution is -0.124. The molecule has 4 unspecified atom stereocenters. The molecule has 6 saturated carbocycles. The minimum Gasteiger partial charge on any atom is -0.460 e. The largest absolute Gasteiger partial charge is 0.460 e. The van der Waals surface area contributed by atoms with Gasteiger partial charge in [0.25, 0.3) is 17.6 Å². The molecule has 6 N–H and O–H groups in total. The maximum Gasteiger partial charge on any atom is 0.289 e. The monoisotopic (exact) mass is 1140 g/mol. The molecule has 2 aromatic heterocycles. The lowest BCUT2D eigenvalue weighted by atomic mass is 9.45. The molecule has 10 rings (SSSR count). The van der Waals surface area contributed by atoms with E-state index in [9.17, 15) is 57.8 Å². The molecule has 1 amide bonds. The lowest BCUT2D eigenvalue weighted by Gasteiger charge is -2.60. The Morgan fingerprint density at radius 2 is 1.13 bits per heavy atom. The average Bonchev–Trinajstić information content (AvgIpc) is 4.24. The van der Waals surface area contributed by atoms with Crippen molar-refractivity contribution in [3.8, 4) is 0 Å². The van der Waals surface area contributed by atoms with Crippen molar-refractivity contribution >= 4 is 34.2 Å². The van der Waals surface area contributed by atoms with Gasteiger partial charge in [-0.25, -0.2) is 17.6 Å². The van der Waals surface area contributed by atoms with E-state index < -0.39 is 83.0 Å². The first-order chi connectivity index (χ1) is 37.1. The molecular weight excluding hydrogens is 1050 g/mol. The number of rotatable bonds is 12. The molecule has 0 radical (unpaired) electrons. The number of alkyl halides is 4. The smallest absolute Gasteiger partial charge is 0.289 e. The predicted molar refractivity (Wildman–Crippen MR) is 286 cm³/mol. The van der Waals surface area contributed by atoms with Gasteiger partial charge in [0.1, 0.15) is 14.2 Å². The number of aliphatic hydroxyl groups excluding tert-OH is 4. The highest BCUT2D eigenvalue weighted by Gasteiger charge is 2.69. The van der Waals surface area contributed by atoms with E-state index in [1.54, 1.807) is 19.1 Å². The zero-order chi connectivity index (χ0) is 57.8. The van der Waals surface area contributed by atoms with Crippen LogP contribution in [-0.2, 0) is 9.68 Å². The van der Waals surface area contributed by atoms with Gasteiger partial charge in [-0.05, 0) is 190 Å². The van der Waals surface area contributed by atoms with Crippen LogP contribution in [0, 0.1) is 63.1 Å². The maximum absolute atomic E-state index is 13.7. The number of halogens is 5. The molecule has 8 aliphatic carbocycles. The van der Waals surface area contributed by atoms with E-state index in [1.165, 1.54) is 43.8 Å². The number of allylic oxidation sites excluding steroid dienone is 2. The van der Waals surface area contributed by atoms with E-state index >= 15 is 0 Å². The molecule has 0 aliphatic heterocycles. The van der Waals surface area contributed by atoms with E-state index in [0.29, 0.717) is 63.5 Å². The average molecular weight is 1140 g/mol. The first-order valence-corrected chi connectivity index (χ1v) is 28.5. The van der Waals surface area contributed by atoms with E-state index in [0.717, 1.165) is 42.5 Å². The summed E-state index contributed by atoms with van der Waals surface area (Å²) in [4.78, 5) is 34.9. The highest BCUT2D eigenvalue weighted by atomic mass is 35.5. The molecule has 20 heteroatoms. The minimum absolute atomic E-state index is 0.0111. The van der Waals surface area contributed by atoms with Gasteiger partial charge in [0, 0.05) is 35.1 Å². The Morgan fingerprint density at radius 1 is 0.671 bits per heavy atom. The van der Waals surface area contributed by atoms with Crippen LogP contribution >= 0.6 is 11.6 Å². The summed E-state index contributed by atoms with van der Waals surface area (Å²) < 4.78 is 63.0. The van der Waals surface area contributed by atoms with Crippen molar-refractivity contribution in [2.45, 2.75) is 186 Å². The van der Waals surface area contributed by atoms with Crippen LogP contribution in [-0.4, -0.2) is 133 Å². The second-order valence-corrected chi connectivity index (χ2v) is 25.5. The molecule has 8 aliphatic rings. The van der Waals surface area contributed by atoms with Gasteiger partial charge in [0.05, 0.1) is 66.1 Å². The number of furan rings is 2. The van der Waals surface area contributed by atoms with Crippen molar-refractivity contribution in [1.29, 1.82) is 0 Å². The van der Waals surface area contributed by atoms with Crippen LogP contribution in [0.15, 0.2) is 79.2 Å². The second-order valence-electron chi connectivity index (χ2n) is 25.2. The zero-order valence-electron chi connectivity index (χ0n) is 46.7. The molecule has 0 spiro atoms. The molecule has 0 aromatic carbocycles. The SMILES string of the molecule is CO/N=C1\C=C2C(CC[C@]3(C)[C@@H](C(C)CCC(F)F)CC[C@@]23O)[C@@]2(C)C[C@H](O)[C@H](O)C[C@@H]12.CO/N=C1\C=C2C(CC[C@]3(C)[C@@H](C(C)N(CC(F)F)C(=O)c4ccco4)CC[C@@]23O)[C@@]2(C)C[C@H](O)[C@H](O)C[C@@H]12.O=C(Cl)c1ccco1. The number of fused-ring (bicyclic) bond motifs is 10. The fourth-order valence-electron chi connectivity index (χ4n) is 17.3. The Kier molecular flexibility index (Phi) is 18.0. The van der Waals surface area contributed by atoms with E-state index in [2.05, 4.69) is 42.4 Å². The van der Waals surface area contributed by atoms with Gasteiger partial charge in [0.2, 0.25) is 6.43 Å². The molecule has 0 bridgehead atoms. The molecule has 440 valence electrons. The molecule has 6 fully saturated rings. The van der Waals surface area contributed by atoms with Crippen molar-refractivity contribution in [3.05, 3.63) is 71.6 Å². The van der Waals surface area contributed by atoms with Gasteiger partial charge in [0.15, 0.2) is 11.5 Å². The molecule has 2 heterocycles. The van der Waals surface area contributed by atoms with Gasteiger partial charge in [-0.2, -0.15) is 0 Å². The lowest BCUT2D eigenvalue weighted by Crippen LogP contribution is -2.61. The fourth-order valence-corrected chi connectivity index (χ4v) is 17.4. The van der Waals surface area contributed by atoms with Gasteiger partial charge in [-0.3, -0.25) is 9.59 Å². The number of amides is 1. The van der Waals surface area contributed by atoms with E-state index in [1.807, 2.05) is 19.1 Å². The zero-order valence-corrected chi connectivity index (χ0v) is 47.4. The van der Waals surface area contributed by atoms with Crippen LogP contribution in [0.4, 0.5) is 17.6 Å². The molecule has 15 nitrogen and oxygen atoms in total. The summed E-state index contributed by atoms with van der Waals surface area (Å²) >= 11 is 5.01. The Morgan fingerprint density at radius 3 is 1.53 bits per heavy atom. The van der Waals surface area contributed by atoms with Crippen LogP contribution < -0.4 is 0 Å². The third kappa shape index (κ3) is 10.7. The summed E-state index contributed by atoms with van der Waals surface area (Å²) in [5.74, 6) is -0.486. The van der Waals surface area contributed by atoms with Gasteiger partial charge < -0.3 is 54.0 Å². The predicted octanol–water partition coefficient (Wildman–Crippen LogP) is 9.98. The summed E-state index contributed by atoms with van der Waals surface area (Å²) in [6.07, 6.45) is 5.76. The number of hydrogen-bond acceptors (Lipinski definition) is 14. The minimum atomic E-state index is -2.71. The van der Waals surface area contributed by atoms with Crippen LogP contribution in [0.25, 0.3) is 0 Å². The first kappa shape index (κ1) is 61.0. The summed E-state index contributed by atoms with van der Waals surface area (Å²) in [6.45, 7) is 11.5. The van der Waals surface area contributed by atoms with Crippen LogP contribution in [0.5, 0.6) is 0 Å². The van der Waals surface area contributed by atoms with Crippen molar-refractivity contribution in [2.75, 3.05) is 20.8 Å². The normalized spacial score (nSPS) is 40.9. The van der Waals surface area contributed by atoms with E-state index in [-0.39, 0.29) is 70.2 Å². The van der Waals surface area contributed by atoms with E-state index in [4.69, 9.17) is 25.7 Å². The third-order valence-electron chi connectivity index (χ3n) is 21.5. The molecule has 79 heavy (non-hydrogen) atoms. The van der Waals surface area contributed by atoms with Gasteiger partial charge >= 0.3 is 0 Å². The van der Waals surface area contributed by atoms with Crippen molar-refractivity contribution in [1.82, 2.24) is 4.90 Å². The van der Waals surface area contributed by atoms with Crippen LogP contribution in [0.2, 0.25) is 0 Å². The van der Waals surface area contributed by atoms with Gasteiger partial charge in [-0.1, -0.05) is 44.9 Å². The summed E-state index contributed by atoms with van der Waals surface area (Å²) in [6, 6.07) is 5.57.